The molecule has 164 valence electrons. The summed E-state index contributed by atoms with van der Waals surface area (Å²) in [5, 5.41) is 21.4. The largest absolute Gasteiger partial charge is 0.497 e. The van der Waals surface area contributed by atoms with Crippen molar-refractivity contribution >= 4 is 28.2 Å². The molecule has 1 aliphatic rings. The fourth-order valence-corrected chi connectivity index (χ4v) is 5.43. The smallest absolute Gasteiger partial charge is 0.325 e. The zero-order chi connectivity index (χ0) is 22.2. The first kappa shape index (κ1) is 20.7. The van der Waals surface area contributed by atoms with E-state index in [-0.39, 0.29) is 6.61 Å². The van der Waals surface area contributed by atoms with E-state index >= 15 is 0 Å². The lowest BCUT2D eigenvalue weighted by atomic mass is 10.0. The number of carboxylic acid groups (broad SMARTS) is 1. The first-order valence-corrected chi connectivity index (χ1v) is 11.2. The van der Waals surface area contributed by atoms with Crippen molar-refractivity contribution in [2.75, 3.05) is 13.7 Å². The van der Waals surface area contributed by atoms with Crippen molar-refractivity contribution in [3.8, 4) is 16.3 Å². The number of aliphatic carboxylic acids is 1. The first-order valence-electron chi connectivity index (χ1n) is 10.4. The molecule has 0 aliphatic carbocycles. The molecule has 0 saturated heterocycles. The lowest BCUT2D eigenvalue weighted by Gasteiger charge is -2.31. The molecule has 1 atom stereocenters. The third-order valence-corrected chi connectivity index (χ3v) is 7.08. The second-order valence-corrected chi connectivity index (χ2v) is 8.94. The van der Waals surface area contributed by atoms with Gasteiger partial charge in [0.1, 0.15) is 16.8 Å². The number of H-pyrrole nitrogens is 1. The highest BCUT2D eigenvalue weighted by atomic mass is 32.1. The lowest BCUT2D eigenvalue weighted by molar-refractivity contribution is -0.144. The highest BCUT2D eigenvalue weighted by molar-refractivity contribution is 7.15. The van der Waals surface area contributed by atoms with Gasteiger partial charge in [0.05, 0.1) is 19.4 Å². The number of hydrogen-bond donors (Lipinski definition) is 3. The normalized spacial score (nSPS) is 14.9. The Morgan fingerprint density at radius 1 is 1.28 bits per heavy atom. The second-order valence-electron chi connectivity index (χ2n) is 7.86. The molecule has 0 spiro atoms. The van der Waals surface area contributed by atoms with Crippen LogP contribution in [0.25, 0.3) is 21.5 Å². The number of benzene rings is 2. The number of carbonyl (C=O) groups is 1. The quantitative estimate of drug-likeness (QED) is 0.412. The molecular formula is C24H23N3O4S. The summed E-state index contributed by atoms with van der Waals surface area (Å²) in [6.45, 7) is 1.06. The maximum atomic E-state index is 12.4. The Kier molecular flexibility index (Phi) is 5.42. The van der Waals surface area contributed by atoms with Crippen LogP contribution in [0.3, 0.4) is 0 Å². The molecule has 4 aromatic rings. The number of nitrogens with one attached hydrogen (secondary N) is 1. The van der Waals surface area contributed by atoms with Gasteiger partial charge in [0.25, 0.3) is 0 Å². The molecule has 2 aromatic carbocycles. The molecule has 8 heteroatoms. The molecule has 0 radical (unpaired) electrons. The number of aliphatic hydroxyl groups is 1. The summed E-state index contributed by atoms with van der Waals surface area (Å²) in [5.74, 6) is -0.0859. The maximum Gasteiger partial charge on any atom is 0.325 e. The summed E-state index contributed by atoms with van der Waals surface area (Å²) in [6, 6.07) is 12.6. The maximum absolute atomic E-state index is 12.4. The average Bonchev–Trinajstić information content (AvgIpc) is 3.43. The van der Waals surface area contributed by atoms with Gasteiger partial charge in [-0.1, -0.05) is 6.07 Å². The Bertz CT molecular complexity index is 1280. The van der Waals surface area contributed by atoms with Gasteiger partial charge in [-0.3, -0.25) is 9.69 Å². The molecule has 3 heterocycles. The van der Waals surface area contributed by atoms with Crippen molar-refractivity contribution < 1.29 is 19.7 Å². The van der Waals surface area contributed by atoms with Crippen molar-refractivity contribution in [1.29, 1.82) is 0 Å². The van der Waals surface area contributed by atoms with Gasteiger partial charge in [0.2, 0.25) is 0 Å². The van der Waals surface area contributed by atoms with Crippen LogP contribution in [0, 0.1) is 0 Å². The number of fused-ring (bicyclic) bond motifs is 2. The van der Waals surface area contributed by atoms with Crippen molar-refractivity contribution in [2.45, 2.75) is 25.6 Å². The van der Waals surface area contributed by atoms with Gasteiger partial charge in [0, 0.05) is 52.6 Å². The Labute approximate surface area is 188 Å². The Morgan fingerprint density at radius 3 is 2.81 bits per heavy atom. The van der Waals surface area contributed by atoms with Crippen molar-refractivity contribution in [1.82, 2.24) is 14.9 Å². The number of aliphatic hydroxyl groups excluding tert-OH is 1. The fraction of sp³-hybridized carbons (Fsp3) is 0.250. The molecule has 0 amide bonds. The zero-order valence-corrected chi connectivity index (χ0v) is 18.4. The van der Waals surface area contributed by atoms with Gasteiger partial charge in [-0.25, -0.2) is 4.98 Å². The van der Waals surface area contributed by atoms with Crippen LogP contribution in [-0.4, -0.2) is 44.7 Å². The highest BCUT2D eigenvalue weighted by Crippen LogP contribution is 2.37. The van der Waals surface area contributed by atoms with Gasteiger partial charge in [-0.05, 0) is 42.0 Å². The molecule has 0 fully saturated rings. The Morgan fingerprint density at radius 2 is 2.09 bits per heavy atom. The van der Waals surface area contributed by atoms with Crippen molar-refractivity contribution in [3.63, 3.8) is 0 Å². The predicted octanol–water partition coefficient (Wildman–Crippen LogP) is 3.98. The predicted molar refractivity (Wildman–Crippen MR) is 123 cm³/mol. The molecule has 0 saturated carbocycles. The lowest BCUT2D eigenvalue weighted by Crippen LogP contribution is -2.37. The van der Waals surface area contributed by atoms with E-state index < -0.39 is 12.0 Å². The van der Waals surface area contributed by atoms with Gasteiger partial charge in [-0.2, -0.15) is 0 Å². The average molecular weight is 450 g/mol. The standard InChI is InChI=1S/C24H23N3O4S/c1-31-16-5-3-15(4-6-16)23-26-20-8-9-27(12-21(20)32-23)22(24(29)30)18-11-25-19-7-2-14(13-28)10-17(18)19/h2-7,10-11,22,25,28H,8-9,12-13H2,1H3,(H,29,30)/t22-/m1/s1. The van der Waals surface area contributed by atoms with Gasteiger partial charge >= 0.3 is 5.97 Å². The number of nitrogens with zero attached hydrogens (tertiary/aromatic N) is 2. The van der Waals surface area contributed by atoms with E-state index in [1.54, 1.807) is 24.6 Å². The van der Waals surface area contributed by atoms with Gasteiger partial charge < -0.3 is 19.9 Å². The van der Waals surface area contributed by atoms with E-state index in [9.17, 15) is 15.0 Å². The van der Waals surface area contributed by atoms with Crippen molar-refractivity contribution in [3.05, 3.63) is 70.4 Å². The SMILES string of the molecule is COc1ccc(-c2nc3c(s2)CN([C@@H](C(=O)O)c2c[nH]c4ccc(CO)cc24)CC3)cc1. The summed E-state index contributed by atoms with van der Waals surface area (Å²) >= 11 is 1.61. The molecule has 7 nitrogen and oxygen atoms in total. The minimum atomic E-state index is -0.886. The Balaban J connectivity index is 1.45. The molecular weight excluding hydrogens is 426 g/mol. The summed E-state index contributed by atoms with van der Waals surface area (Å²) in [6.07, 6.45) is 2.48. The van der Waals surface area contributed by atoms with Crippen LogP contribution in [-0.2, 0) is 24.4 Å². The van der Waals surface area contributed by atoms with Gasteiger partial charge in [-0.15, -0.1) is 11.3 Å². The molecule has 32 heavy (non-hydrogen) atoms. The van der Waals surface area contributed by atoms with E-state index in [0.717, 1.165) is 43.4 Å². The zero-order valence-electron chi connectivity index (χ0n) is 17.5. The molecule has 0 unspecified atom stereocenters. The third kappa shape index (κ3) is 3.66. The molecule has 2 aromatic heterocycles. The van der Waals surface area contributed by atoms with Crippen molar-refractivity contribution in [2.24, 2.45) is 0 Å². The molecule has 5 rings (SSSR count). The van der Waals surface area contributed by atoms with Crippen LogP contribution < -0.4 is 4.74 Å². The van der Waals surface area contributed by atoms with E-state index in [0.29, 0.717) is 25.1 Å². The molecule has 3 N–H and O–H groups in total. The van der Waals surface area contributed by atoms with E-state index in [1.165, 1.54) is 0 Å². The fourth-order valence-electron chi connectivity index (χ4n) is 4.29. The van der Waals surface area contributed by atoms with Crippen LogP contribution in [0.2, 0.25) is 0 Å². The third-order valence-electron chi connectivity index (χ3n) is 5.95. The number of aromatic amines is 1. The first-order chi connectivity index (χ1) is 15.6. The number of hydrogen-bond acceptors (Lipinski definition) is 6. The minimum absolute atomic E-state index is 0.0830. The van der Waals surface area contributed by atoms with Crippen LogP contribution >= 0.6 is 11.3 Å². The van der Waals surface area contributed by atoms with E-state index in [1.807, 2.05) is 47.4 Å². The molecule has 0 bridgehead atoms. The molecule has 1 aliphatic heterocycles. The Hall–Kier alpha value is -3.20. The minimum Gasteiger partial charge on any atom is -0.497 e. The summed E-state index contributed by atoms with van der Waals surface area (Å²) in [7, 11) is 1.64. The van der Waals surface area contributed by atoms with Crippen LogP contribution in [0.5, 0.6) is 5.75 Å². The summed E-state index contributed by atoms with van der Waals surface area (Å²) < 4.78 is 5.23. The number of aromatic nitrogens is 2. The van der Waals surface area contributed by atoms with Crippen LogP contribution in [0.1, 0.15) is 27.7 Å². The number of thiazole rings is 1. The van der Waals surface area contributed by atoms with Crippen LogP contribution in [0.15, 0.2) is 48.7 Å². The topological polar surface area (TPSA) is 98.7 Å². The highest BCUT2D eigenvalue weighted by Gasteiger charge is 2.33. The van der Waals surface area contributed by atoms with Crippen LogP contribution in [0.4, 0.5) is 0 Å². The summed E-state index contributed by atoms with van der Waals surface area (Å²) in [5.41, 5.74) is 4.41. The second kappa shape index (κ2) is 8.38. The number of ether oxygens (including phenoxy) is 1. The van der Waals surface area contributed by atoms with Gasteiger partial charge in [0.15, 0.2) is 0 Å². The number of rotatable bonds is 6. The number of carboxylic acids is 1. The van der Waals surface area contributed by atoms with E-state index in [4.69, 9.17) is 9.72 Å². The number of methoxy groups -OCH3 is 1. The monoisotopic (exact) mass is 449 g/mol. The van der Waals surface area contributed by atoms with E-state index in [2.05, 4.69) is 4.98 Å². The summed E-state index contributed by atoms with van der Waals surface area (Å²) in [4.78, 5) is 23.5.